The first-order valence-electron chi connectivity index (χ1n) is 9.80. The largest absolute Gasteiger partial charge is 0.369 e. The van der Waals surface area contributed by atoms with Crippen molar-refractivity contribution in [2.45, 2.75) is 39.4 Å². The van der Waals surface area contributed by atoms with Gasteiger partial charge in [-0.15, -0.1) is 0 Å². The number of nitrogens with two attached hydrogens (primary N) is 1. The fourth-order valence-electron chi connectivity index (χ4n) is 3.28. The van der Waals surface area contributed by atoms with Crippen LogP contribution in [0.25, 0.3) is 0 Å². The van der Waals surface area contributed by atoms with Gasteiger partial charge in [0, 0.05) is 17.7 Å². The van der Waals surface area contributed by atoms with E-state index in [0.717, 1.165) is 18.2 Å². The van der Waals surface area contributed by atoms with Crippen molar-refractivity contribution >= 4 is 17.8 Å². The Morgan fingerprint density at radius 3 is 2.52 bits per heavy atom. The third kappa shape index (κ3) is 5.22. The van der Waals surface area contributed by atoms with E-state index in [9.17, 15) is 22.8 Å². The predicted octanol–water partition coefficient (Wildman–Crippen LogP) is 3.11. The molecule has 0 saturated heterocycles. The van der Waals surface area contributed by atoms with Crippen LogP contribution in [0.4, 0.5) is 13.2 Å². The monoisotopic (exact) mass is 432 g/mol. The maximum absolute atomic E-state index is 14.1. The fraction of sp³-hybridized carbons (Fsp3) is 0.318. The number of nitrogens with zero attached hydrogens (tertiary/aromatic N) is 2. The molecule has 2 aromatic carbocycles. The zero-order chi connectivity index (χ0) is 22.7. The zero-order valence-corrected chi connectivity index (χ0v) is 17.2. The number of rotatable bonds is 6. The van der Waals surface area contributed by atoms with Crippen LogP contribution in [0.1, 0.15) is 41.8 Å². The summed E-state index contributed by atoms with van der Waals surface area (Å²) < 4.78 is 41.6. The van der Waals surface area contributed by atoms with Crippen LogP contribution < -0.4 is 11.1 Å². The van der Waals surface area contributed by atoms with E-state index >= 15 is 0 Å². The third-order valence-corrected chi connectivity index (χ3v) is 5.08. The highest BCUT2D eigenvalue weighted by Gasteiger charge is 2.29. The van der Waals surface area contributed by atoms with Crippen molar-refractivity contribution < 1.29 is 22.8 Å². The van der Waals surface area contributed by atoms with Gasteiger partial charge in [-0.3, -0.25) is 14.5 Å². The van der Waals surface area contributed by atoms with Gasteiger partial charge in [-0.25, -0.2) is 18.2 Å². The highest BCUT2D eigenvalue weighted by atomic mass is 19.1. The van der Waals surface area contributed by atoms with Crippen LogP contribution in [-0.2, 0) is 17.9 Å². The van der Waals surface area contributed by atoms with E-state index in [2.05, 4.69) is 10.3 Å². The Morgan fingerprint density at radius 1 is 1.23 bits per heavy atom. The van der Waals surface area contributed by atoms with Crippen molar-refractivity contribution in [3.8, 4) is 0 Å². The normalized spacial score (nSPS) is 16.5. The molecule has 1 aliphatic heterocycles. The minimum atomic E-state index is -0.793. The number of guanidine groups is 1. The second-order valence-electron chi connectivity index (χ2n) is 7.71. The van der Waals surface area contributed by atoms with Gasteiger partial charge < -0.3 is 11.1 Å². The highest BCUT2D eigenvalue weighted by molar-refractivity contribution is 5.98. The Balaban J connectivity index is 1.75. The molecule has 0 aliphatic carbocycles. The highest BCUT2D eigenvalue weighted by Crippen LogP contribution is 2.20. The quantitative estimate of drug-likeness (QED) is 0.735. The number of carbonyl (C=O) groups is 2. The summed E-state index contributed by atoms with van der Waals surface area (Å²) in [5.74, 6) is -3.05. The standard InChI is InChI=1S/C22H23F3N4O2/c1-12(2)19-9-20(30)29(22(26)28-19)11-13-6-14(8-15(23)7-13)21(31)27-10-16-17(24)4-3-5-18(16)25/h3-8,12,19H,9-11H2,1-2H3,(H2,26,28)(H,27,31). The van der Waals surface area contributed by atoms with E-state index < -0.39 is 29.9 Å². The van der Waals surface area contributed by atoms with Gasteiger partial charge in [0.1, 0.15) is 17.5 Å². The average Bonchev–Trinajstić information content (AvgIpc) is 2.69. The summed E-state index contributed by atoms with van der Waals surface area (Å²) in [5, 5.41) is 2.38. The number of halogens is 3. The lowest BCUT2D eigenvalue weighted by atomic mass is 9.99. The number of nitrogens with one attached hydrogen (secondary N) is 1. The van der Waals surface area contributed by atoms with Gasteiger partial charge in [-0.1, -0.05) is 19.9 Å². The molecule has 0 spiro atoms. The first kappa shape index (κ1) is 22.3. The van der Waals surface area contributed by atoms with E-state index in [1.165, 1.54) is 23.1 Å². The summed E-state index contributed by atoms with van der Waals surface area (Å²) in [6, 6.07) is 6.74. The maximum atomic E-state index is 14.1. The fourth-order valence-corrected chi connectivity index (χ4v) is 3.28. The van der Waals surface area contributed by atoms with E-state index in [0.29, 0.717) is 5.56 Å². The van der Waals surface area contributed by atoms with Gasteiger partial charge >= 0.3 is 0 Å². The van der Waals surface area contributed by atoms with Crippen LogP contribution >= 0.6 is 0 Å². The molecule has 1 atom stereocenters. The molecule has 1 heterocycles. The molecule has 2 amide bonds. The van der Waals surface area contributed by atoms with Gasteiger partial charge in [0.25, 0.3) is 5.91 Å². The third-order valence-electron chi connectivity index (χ3n) is 5.08. The summed E-state index contributed by atoms with van der Waals surface area (Å²) in [4.78, 5) is 30.5. The molecule has 164 valence electrons. The predicted molar refractivity (Wildman–Crippen MR) is 109 cm³/mol. The van der Waals surface area contributed by atoms with Crippen molar-refractivity contribution in [1.29, 1.82) is 0 Å². The number of benzene rings is 2. The van der Waals surface area contributed by atoms with Crippen LogP contribution in [0.5, 0.6) is 0 Å². The number of amides is 2. The summed E-state index contributed by atoms with van der Waals surface area (Å²) in [6.07, 6.45) is 0.190. The molecule has 6 nitrogen and oxygen atoms in total. The molecule has 1 unspecified atom stereocenters. The van der Waals surface area contributed by atoms with E-state index in [1.807, 2.05) is 13.8 Å². The molecular weight excluding hydrogens is 409 g/mol. The average molecular weight is 432 g/mol. The number of hydrogen-bond acceptors (Lipinski definition) is 4. The molecule has 0 bridgehead atoms. The minimum Gasteiger partial charge on any atom is -0.369 e. The van der Waals surface area contributed by atoms with Crippen LogP contribution in [-0.4, -0.2) is 28.7 Å². The smallest absolute Gasteiger partial charge is 0.251 e. The van der Waals surface area contributed by atoms with Crippen molar-refractivity contribution in [3.05, 3.63) is 70.5 Å². The lowest BCUT2D eigenvalue weighted by molar-refractivity contribution is -0.129. The van der Waals surface area contributed by atoms with Gasteiger partial charge in [0.15, 0.2) is 5.96 Å². The number of aliphatic imine (C=N–C) groups is 1. The molecule has 0 aromatic heterocycles. The van der Waals surface area contributed by atoms with Crippen LogP contribution in [0, 0.1) is 23.4 Å². The molecule has 1 aliphatic rings. The summed E-state index contributed by atoms with van der Waals surface area (Å²) in [5.41, 5.74) is 5.92. The first-order valence-corrected chi connectivity index (χ1v) is 9.80. The van der Waals surface area contributed by atoms with E-state index in [4.69, 9.17) is 5.73 Å². The van der Waals surface area contributed by atoms with Crippen LogP contribution in [0.15, 0.2) is 41.4 Å². The maximum Gasteiger partial charge on any atom is 0.251 e. The molecule has 0 radical (unpaired) electrons. The van der Waals surface area contributed by atoms with Gasteiger partial charge in [-0.05, 0) is 41.8 Å². The second kappa shape index (κ2) is 9.20. The molecule has 31 heavy (non-hydrogen) atoms. The van der Waals surface area contributed by atoms with Crippen LogP contribution in [0.2, 0.25) is 0 Å². The molecule has 0 saturated carbocycles. The summed E-state index contributed by atoms with van der Waals surface area (Å²) >= 11 is 0. The Kier molecular flexibility index (Phi) is 6.62. The summed E-state index contributed by atoms with van der Waals surface area (Å²) in [7, 11) is 0. The minimum absolute atomic E-state index is 0.0419. The molecule has 9 heteroatoms. The topological polar surface area (TPSA) is 87.8 Å². The lowest BCUT2D eigenvalue weighted by Crippen LogP contribution is -2.47. The summed E-state index contributed by atoms with van der Waals surface area (Å²) in [6.45, 7) is 3.42. The van der Waals surface area contributed by atoms with Crippen molar-refractivity contribution in [1.82, 2.24) is 10.2 Å². The van der Waals surface area contributed by atoms with E-state index in [-0.39, 0.29) is 47.9 Å². The molecule has 0 fully saturated rings. The Morgan fingerprint density at radius 2 is 1.90 bits per heavy atom. The first-order chi connectivity index (χ1) is 14.7. The van der Waals surface area contributed by atoms with Gasteiger partial charge in [-0.2, -0.15) is 0 Å². The van der Waals surface area contributed by atoms with Crippen LogP contribution in [0.3, 0.4) is 0 Å². The molecule has 2 aromatic rings. The number of carbonyl (C=O) groups excluding carboxylic acids is 2. The number of hydrogen-bond donors (Lipinski definition) is 2. The molecule has 3 N–H and O–H groups in total. The zero-order valence-electron chi connectivity index (χ0n) is 17.2. The Labute approximate surface area is 177 Å². The molecule has 3 rings (SSSR count). The SMILES string of the molecule is CC(C)C1CC(=O)N(Cc2cc(F)cc(C(=O)NCc3c(F)cccc3F)c2)C(N)=N1. The Bertz CT molecular complexity index is 1020. The Hall–Kier alpha value is -3.36. The van der Waals surface area contributed by atoms with Gasteiger partial charge in [0.05, 0.1) is 19.0 Å². The van der Waals surface area contributed by atoms with Gasteiger partial charge in [0.2, 0.25) is 5.91 Å². The van der Waals surface area contributed by atoms with E-state index in [1.54, 1.807) is 0 Å². The lowest BCUT2D eigenvalue weighted by Gasteiger charge is -2.30. The second-order valence-corrected chi connectivity index (χ2v) is 7.71. The van der Waals surface area contributed by atoms with Crippen molar-refractivity contribution in [3.63, 3.8) is 0 Å². The van der Waals surface area contributed by atoms with Crippen molar-refractivity contribution in [2.24, 2.45) is 16.6 Å². The molecular formula is C22H23F3N4O2. The van der Waals surface area contributed by atoms with Crippen molar-refractivity contribution in [2.75, 3.05) is 0 Å².